The van der Waals surface area contributed by atoms with Crippen LogP contribution in [0.5, 0.6) is 0 Å². The van der Waals surface area contributed by atoms with E-state index in [2.05, 4.69) is 31.4 Å². The Kier molecular flexibility index (Phi) is 6.06. The summed E-state index contributed by atoms with van der Waals surface area (Å²) in [6.07, 6.45) is 6.39. The fraction of sp³-hybridized carbons (Fsp3) is 0.941. The smallest absolute Gasteiger partial charge is 0.227 e. The topological polar surface area (TPSA) is 50.4 Å². The van der Waals surface area contributed by atoms with Crippen LogP contribution in [-0.2, 0) is 9.53 Å². The zero-order valence-electron chi connectivity index (χ0n) is 13.9. The van der Waals surface area contributed by atoms with Crippen molar-refractivity contribution in [2.75, 3.05) is 26.3 Å². The molecular weight excluding hydrogens is 264 g/mol. The fourth-order valence-electron chi connectivity index (χ4n) is 4.13. The molecule has 2 aliphatic rings. The van der Waals surface area contributed by atoms with Gasteiger partial charge in [0.05, 0.1) is 19.1 Å². The molecule has 1 amide bonds. The Morgan fingerprint density at radius 3 is 2.62 bits per heavy atom. The normalized spacial score (nSPS) is 28.2. The van der Waals surface area contributed by atoms with Crippen LogP contribution in [0.25, 0.3) is 0 Å². The predicted octanol–water partition coefficient (Wildman–Crippen LogP) is 2.33. The molecule has 122 valence electrons. The SMILES string of the molecule is CCNC1COCC1C(=O)NCC1(CC(C)C)CCCC1. The van der Waals surface area contributed by atoms with Crippen molar-refractivity contribution in [3.63, 3.8) is 0 Å². The standard InChI is InChI=1S/C17H32N2O2/c1-4-18-15-11-21-10-14(15)16(20)19-12-17(9-13(2)3)7-5-6-8-17/h13-15,18H,4-12H2,1-3H3,(H,19,20). The number of nitrogens with one attached hydrogen (secondary N) is 2. The maximum atomic E-state index is 12.5. The first-order chi connectivity index (χ1) is 10.1. The molecule has 2 unspecified atom stereocenters. The minimum atomic E-state index is -0.0255. The van der Waals surface area contributed by atoms with E-state index in [0.717, 1.165) is 13.1 Å². The van der Waals surface area contributed by atoms with E-state index in [1.807, 2.05) is 0 Å². The van der Waals surface area contributed by atoms with Gasteiger partial charge in [-0.25, -0.2) is 0 Å². The summed E-state index contributed by atoms with van der Waals surface area (Å²) < 4.78 is 5.48. The summed E-state index contributed by atoms with van der Waals surface area (Å²) in [7, 11) is 0. The number of carbonyl (C=O) groups excluding carboxylic acids is 1. The molecule has 1 heterocycles. The largest absolute Gasteiger partial charge is 0.379 e. The molecule has 0 bridgehead atoms. The van der Waals surface area contributed by atoms with Crippen LogP contribution in [0.1, 0.15) is 52.9 Å². The van der Waals surface area contributed by atoms with E-state index in [9.17, 15) is 4.79 Å². The Labute approximate surface area is 129 Å². The van der Waals surface area contributed by atoms with Gasteiger partial charge in [-0.05, 0) is 37.1 Å². The van der Waals surface area contributed by atoms with Gasteiger partial charge in [-0.15, -0.1) is 0 Å². The van der Waals surface area contributed by atoms with Crippen LogP contribution in [-0.4, -0.2) is 38.3 Å². The van der Waals surface area contributed by atoms with Crippen LogP contribution in [0.4, 0.5) is 0 Å². The molecule has 1 saturated carbocycles. The molecule has 21 heavy (non-hydrogen) atoms. The summed E-state index contributed by atoms with van der Waals surface area (Å²) in [6, 6.07) is 0.180. The molecule has 0 aromatic rings. The van der Waals surface area contributed by atoms with Crippen molar-refractivity contribution in [2.24, 2.45) is 17.3 Å². The van der Waals surface area contributed by atoms with Gasteiger partial charge in [0, 0.05) is 12.6 Å². The van der Waals surface area contributed by atoms with Crippen LogP contribution < -0.4 is 10.6 Å². The third-order valence-electron chi connectivity index (χ3n) is 5.03. The first-order valence-electron chi connectivity index (χ1n) is 8.65. The second-order valence-electron chi connectivity index (χ2n) is 7.33. The molecule has 2 atom stereocenters. The van der Waals surface area contributed by atoms with E-state index in [1.54, 1.807) is 0 Å². The van der Waals surface area contributed by atoms with Gasteiger partial charge < -0.3 is 15.4 Å². The van der Waals surface area contributed by atoms with Gasteiger partial charge in [0.25, 0.3) is 0 Å². The maximum absolute atomic E-state index is 12.5. The molecule has 1 saturated heterocycles. The first kappa shape index (κ1) is 16.8. The molecular formula is C17H32N2O2. The monoisotopic (exact) mass is 296 g/mol. The third kappa shape index (κ3) is 4.43. The minimum absolute atomic E-state index is 0.0255. The van der Waals surface area contributed by atoms with Gasteiger partial charge in [0.15, 0.2) is 0 Å². The second kappa shape index (κ2) is 7.59. The highest BCUT2D eigenvalue weighted by Crippen LogP contribution is 2.42. The van der Waals surface area contributed by atoms with Crippen molar-refractivity contribution in [1.82, 2.24) is 10.6 Å². The van der Waals surface area contributed by atoms with E-state index in [4.69, 9.17) is 4.74 Å². The summed E-state index contributed by atoms with van der Waals surface area (Å²) in [5, 5.41) is 6.60. The summed E-state index contributed by atoms with van der Waals surface area (Å²) in [6.45, 7) is 9.59. The molecule has 4 heteroatoms. The molecule has 2 fully saturated rings. The lowest BCUT2D eigenvalue weighted by molar-refractivity contribution is -0.126. The third-order valence-corrected chi connectivity index (χ3v) is 5.03. The highest BCUT2D eigenvalue weighted by molar-refractivity contribution is 5.79. The number of rotatable bonds is 7. The maximum Gasteiger partial charge on any atom is 0.227 e. The lowest BCUT2D eigenvalue weighted by atomic mass is 9.78. The van der Waals surface area contributed by atoms with Crippen LogP contribution in [0.15, 0.2) is 0 Å². The molecule has 0 spiro atoms. The summed E-state index contributed by atoms with van der Waals surface area (Å²) in [4.78, 5) is 12.5. The Morgan fingerprint density at radius 1 is 1.29 bits per heavy atom. The average Bonchev–Trinajstić information content (AvgIpc) is 3.06. The van der Waals surface area contributed by atoms with Crippen LogP contribution in [0, 0.1) is 17.3 Å². The fourth-order valence-corrected chi connectivity index (χ4v) is 4.13. The molecule has 0 aromatic carbocycles. The van der Waals surface area contributed by atoms with Gasteiger partial charge in [-0.2, -0.15) is 0 Å². The van der Waals surface area contributed by atoms with Crippen LogP contribution in [0.2, 0.25) is 0 Å². The molecule has 2 N–H and O–H groups in total. The Balaban J connectivity index is 1.87. The number of ether oxygens (including phenoxy) is 1. The predicted molar refractivity (Wildman–Crippen MR) is 85.1 cm³/mol. The zero-order valence-corrected chi connectivity index (χ0v) is 13.9. The summed E-state index contributed by atoms with van der Waals surface area (Å²) in [5.41, 5.74) is 0.344. The van der Waals surface area contributed by atoms with E-state index in [1.165, 1.54) is 32.1 Å². The van der Waals surface area contributed by atoms with Crippen molar-refractivity contribution in [3.8, 4) is 0 Å². The van der Waals surface area contributed by atoms with Crippen molar-refractivity contribution in [3.05, 3.63) is 0 Å². The van der Waals surface area contributed by atoms with Crippen molar-refractivity contribution < 1.29 is 9.53 Å². The Bertz CT molecular complexity index is 338. The van der Waals surface area contributed by atoms with E-state index < -0.39 is 0 Å². The van der Waals surface area contributed by atoms with Gasteiger partial charge in [0.1, 0.15) is 0 Å². The first-order valence-corrected chi connectivity index (χ1v) is 8.65. The lowest BCUT2D eigenvalue weighted by Crippen LogP contribution is -2.46. The number of hydrogen-bond donors (Lipinski definition) is 2. The van der Waals surface area contributed by atoms with Crippen molar-refractivity contribution >= 4 is 5.91 Å². The molecule has 2 rings (SSSR count). The van der Waals surface area contributed by atoms with Gasteiger partial charge in [-0.1, -0.05) is 33.6 Å². The highest BCUT2D eigenvalue weighted by Gasteiger charge is 2.37. The lowest BCUT2D eigenvalue weighted by Gasteiger charge is -2.32. The highest BCUT2D eigenvalue weighted by atomic mass is 16.5. The van der Waals surface area contributed by atoms with E-state index in [-0.39, 0.29) is 17.9 Å². The average molecular weight is 296 g/mol. The minimum Gasteiger partial charge on any atom is -0.379 e. The van der Waals surface area contributed by atoms with E-state index >= 15 is 0 Å². The molecule has 1 aliphatic heterocycles. The van der Waals surface area contributed by atoms with Crippen LogP contribution >= 0.6 is 0 Å². The van der Waals surface area contributed by atoms with Crippen molar-refractivity contribution in [1.29, 1.82) is 0 Å². The van der Waals surface area contributed by atoms with Gasteiger partial charge in [-0.3, -0.25) is 4.79 Å². The summed E-state index contributed by atoms with van der Waals surface area (Å²) >= 11 is 0. The van der Waals surface area contributed by atoms with Gasteiger partial charge in [0.2, 0.25) is 5.91 Å². The summed E-state index contributed by atoms with van der Waals surface area (Å²) in [5.74, 6) is 0.847. The number of hydrogen-bond acceptors (Lipinski definition) is 3. The number of carbonyl (C=O) groups is 1. The number of likely N-dealkylation sites (N-methyl/N-ethyl adjacent to an activating group) is 1. The molecule has 0 aromatic heterocycles. The molecule has 1 aliphatic carbocycles. The van der Waals surface area contributed by atoms with Crippen LogP contribution in [0.3, 0.4) is 0 Å². The number of amides is 1. The molecule has 0 radical (unpaired) electrons. The second-order valence-corrected chi connectivity index (χ2v) is 7.33. The Morgan fingerprint density at radius 2 is 2.00 bits per heavy atom. The van der Waals surface area contributed by atoms with Gasteiger partial charge >= 0.3 is 0 Å². The quantitative estimate of drug-likeness (QED) is 0.758. The van der Waals surface area contributed by atoms with Crippen molar-refractivity contribution in [2.45, 2.75) is 58.9 Å². The Hall–Kier alpha value is -0.610. The van der Waals surface area contributed by atoms with E-state index in [0.29, 0.717) is 24.5 Å². The molecule has 4 nitrogen and oxygen atoms in total. The zero-order chi connectivity index (χ0) is 15.3.